The Morgan fingerprint density at radius 1 is 1.58 bits per heavy atom. The highest BCUT2D eigenvalue weighted by Crippen LogP contribution is 2.25. The molecule has 1 aromatic rings. The Bertz CT molecular complexity index is 501. The number of aromatic carboxylic acids is 1. The third-order valence-electron chi connectivity index (χ3n) is 2.59. The van der Waals surface area contributed by atoms with Gasteiger partial charge in [0.2, 0.25) is 0 Å². The summed E-state index contributed by atoms with van der Waals surface area (Å²) in [4.78, 5) is 21.9. The van der Waals surface area contributed by atoms with Crippen LogP contribution in [0.15, 0.2) is 18.2 Å². The van der Waals surface area contributed by atoms with Gasteiger partial charge in [0.1, 0.15) is 23.7 Å². The molecule has 0 aromatic heterocycles. The van der Waals surface area contributed by atoms with Gasteiger partial charge in [-0.15, -0.1) is 0 Å². The molecule has 1 aromatic carbocycles. The smallest absolute Gasteiger partial charge is 0.407 e. The van der Waals surface area contributed by atoms with Crippen LogP contribution in [0.3, 0.4) is 0 Å². The van der Waals surface area contributed by atoms with E-state index in [1.807, 2.05) is 0 Å². The summed E-state index contributed by atoms with van der Waals surface area (Å²) in [5.41, 5.74) is 0.0260. The van der Waals surface area contributed by atoms with Gasteiger partial charge in [-0.2, -0.15) is 0 Å². The average Bonchev–Trinajstić information content (AvgIpc) is 2.81. The number of carbonyl (C=O) groups excluding carboxylic acids is 1. The minimum absolute atomic E-state index is 0.0260. The van der Waals surface area contributed by atoms with Gasteiger partial charge in [-0.1, -0.05) is 0 Å². The van der Waals surface area contributed by atoms with Crippen molar-refractivity contribution in [1.82, 2.24) is 5.32 Å². The van der Waals surface area contributed by atoms with Crippen LogP contribution in [0, 0.1) is 0 Å². The van der Waals surface area contributed by atoms with Crippen LogP contribution in [0.25, 0.3) is 0 Å². The van der Waals surface area contributed by atoms with Gasteiger partial charge in [0.25, 0.3) is 0 Å². The van der Waals surface area contributed by atoms with Gasteiger partial charge in [-0.3, -0.25) is 0 Å². The molecule has 1 aliphatic rings. The van der Waals surface area contributed by atoms with Gasteiger partial charge in [-0.25, -0.2) is 9.59 Å². The molecule has 2 rings (SSSR count). The molecule has 0 saturated carbocycles. The molecule has 1 heterocycles. The van der Waals surface area contributed by atoms with Crippen molar-refractivity contribution >= 4 is 12.1 Å². The summed E-state index contributed by atoms with van der Waals surface area (Å²) in [7, 11) is 1.47. The maximum absolute atomic E-state index is 11.1. The Labute approximate surface area is 109 Å². The molecule has 1 amide bonds. The first-order valence-electron chi connectivity index (χ1n) is 5.58. The number of hydrogen-bond acceptors (Lipinski definition) is 5. The molecular formula is C12H13NO6. The zero-order valence-corrected chi connectivity index (χ0v) is 10.2. The molecule has 1 saturated heterocycles. The number of nitrogens with one attached hydrogen (secondary N) is 1. The van der Waals surface area contributed by atoms with Crippen molar-refractivity contribution in [2.45, 2.75) is 6.10 Å². The standard InChI is InChI=1S/C12H13NO6/c1-17-7-2-3-9(11(14)15)10(4-7)18-6-8-5-13-12(16)19-8/h2-4,8H,5-6H2,1H3,(H,13,16)(H,14,15). The molecule has 102 valence electrons. The van der Waals surface area contributed by atoms with E-state index in [4.69, 9.17) is 19.3 Å². The highest BCUT2D eigenvalue weighted by molar-refractivity contribution is 5.91. The van der Waals surface area contributed by atoms with Crippen molar-refractivity contribution in [2.75, 3.05) is 20.3 Å². The van der Waals surface area contributed by atoms with E-state index in [2.05, 4.69) is 5.32 Å². The van der Waals surface area contributed by atoms with Crippen LogP contribution in [-0.2, 0) is 4.74 Å². The molecule has 7 heteroatoms. The molecule has 1 fully saturated rings. The second-order valence-electron chi connectivity index (χ2n) is 3.89. The number of cyclic esters (lactones) is 1. The fraction of sp³-hybridized carbons (Fsp3) is 0.333. The lowest BCUT2D eigenvalue weighted by molar-refractivity contribution is 0.0684. The Morgan fingerprint density at radius 2 is 2.37 bits per heavy atom. The third kappa shape index (κ3) is 3.06. The summed E-state index contributed by atoms with van der Waals surface area (Å²) < 4.78 is 15.3. The van der Waals surface area contributed by atoms with Gasteiger partial charge in [0.15, 0.2) is 6.10 Å². The summed E-state index contributed by atoms with van der Waals surface area (Å²) in [5.74, 6) is -0.435. The number of amides is 1. The third-order valence-corrected chi connectivity index (χ3v) is 2.59. The van der Waals surface area contributed by atoms with Crippen LogP contribution in [0.4, 0.5) is 4.79 Å². The van der Waals surface area contributed by atoms with E-state index in [-0.39, 0.29) is 17.9 Å². The van der Waals surface area contributed by atoms with Crippen molar-refractivity contribution in [2.24, 2.45) is 0 Å². The molecule has 7 nitrogen and oxygen atoms in total. The second kappa shape index (κ2) is 5.47. The number of benzene rings is 1. The van der Waals surface area contributed by atoms with E-state index in [9.17, 15) is 9.59 Å². The fourth-order valence-electron chi connectivity index (χ4n) is 1.63. The van der Waals surface area contributed by atoms with E-state index in [1.54, 1.807) is 0 Å². The number of hydrogen-bond donors (Lipinski definition) is 2. The first-order chi connectivity index (χ1) is 9.10. The van der Waals surface area contributed by atoms with Gasteiger partial charge in [-0.05, 0) is 12.1 Å². The van der Waals surface area contributed by atoms with E-state index >= 15 is 0 Å². The summed E-state index contributed by atoms with van der Waals surface area (Å²) in [6.07, 6.45) is -0.932. The second-order valence-corrected chi connectivity index (χ2v) is 3.89. The van der Waals surface area contributed by atoms with E-state index < -0.39 is 18.2 Å². The first-order valence-corrected chi connectivity index (χ1v) is 5.58. The van der Waals surface area contributed by atoms with Crippen LogP contribution >= 0.6 is 0 Å². The topological polar surface area (TPSA) is 94.1 Å². The van der Waals surface area contributed by atoms with Gasteiger partial charge in [0, 0.05) is 6.07 Å². The summed E-state index contributed by atoms with van der Waals surface area (Å²) in [5, 5.41) is 11.5. The van der Waals surface area contributed by atoms with Crippen molar-refractivity contribution in [3.8, 4) is 11.5 Å². The summed E-state index contributed by atoms with van der Waals surface area (Å²) in [6.45, 7) is 0.414. The molecule has 0 radical (unpaired) electrons. The van der Waals surface area contributed by atoms with Crippen molar-refractivity contribution in [1.29, 1.82) is 0 Å². The number of alkyl carbamates (subject to hydrolysis) is 1. The van der Waals surface area contributed by atoms with Crippen molar-refractivity contribution in [3.05, 3.63) is 23.8 Å². The van der Waals surface area contributed by atoms with Crippen LogP contribution in [-0.4, -0.2) is 43.5 Å². The molecule has 0 bridgehead atoms. The Kier molecular flexibility index (Phi) is 3.74. The quantitative estimate of drug-likeness (QED) is 0.822. The van der Waals surface area contributed by atoms with Crippen molar-refractivity contribution in [3.63, 3.8) is 0 Å². The lowest BCUT2D eigenvalue weighted by atomic mass is 10.2. The number of methoxy groups -OCH3 is 1. The largest absolute Gasteiger partial charge is 0.497 e. The Hall–Kier alpha value is -2.44. The summed E-state index contributed by atoms with van der Waals surface area (Å²) in [6, 6.07) is 4.41. The molecule has 1 atom stereocenters. The van der Waals surface area contributed by atoms with Gasteiger partial charge in [0.05, 0.1) is 13.7 Å². The highest BCUT2D eigenvalue weighted by Gasteiger charge is 2.24. The molecule has 0 spiro atoms. The maximum Gasteiger partial charge on any atom is 0.407 e. The number of ether oxygens (including phenoxy) is 3. The van der Waals surface area contributed by atoms with Crippen LogP contribution in [0.2, 0.25) is 0 Å². The fourth-order valence-corrected chi connectivity index (χ4v) is 1.63. The Balaban J connectivity index is 2.08. The molecule has 1 unspecified atom stereocenters. The normalized spacial score (nSPS) is 17.5. The van der Waals surface area contributed by atoms with E-state index in [1.165, 1.54) is 25.3 Å². The molecular weight excluding hydrogens is 254 g/mol. The molecule has 1 aliphatic heterocycles. The van der Waals surface area contributed by atoms with Gasteiger partial charge >= 0.3 is 12.1 Å². The van der Waals surface area contributed by atoms with Crippen molar-refractivity contribution < 1.29 is 28.9 Å². The SMILES string of the molecule is COc1ccc(C(=O)O)c(OCC2CNC(=O)O2)c1. The predicted molar refractivity (Wildman–Crippen MR) is 63.7 cm³/mol. The van der Waals surface area contributed by atoms with Crippen LogP contribution in [0.1, 0.15) is 10.4 Å². The monoisotopic (exact) mass is 267 g/mol. The zero-order chi connectivity index (χ0) is 13.8. The average molecular weight is 267 g/mol. The number of rotatable bonds is 5. The number of carbonyl (C=O) groups is 2. The number of carboxylic acids is 1. The first kappa shape index (κ1) is 13.0. The molecule has 19 heavy (non-hydrogen) atoms. The predicted octanol–water partition coefficient (Wildman–Crippen LogP) is 0.881. The van der Waals surface area contributed by atoms with Gasteiger partial charge < -0.3 is 24.6 Å². The minimum atomic E-state index is -1.10. The van der Waals surface area contributed by atoms with E-state index in [0.29, 0.717) is 12.3 Å². The van der Waals surface area contributed by atoms with Crippen LogP contribution < -0.4 is 14.8 Å². The Morgan fingerprint density at radius 3 is 2.95 bits per heavy atom. The highest BCUT2D eigenvalue weighted by atomic mass is 16.6. The lowest BCUT2D eigenvalue weighted by Crippen LogP contribution is -2.22. The minimum Gasteiger partial charge on any atom is -0.497 e. The lowest BCUT2D eigenvalue weighted by Gasteiger charge is -2.13. The van der Waals surface area contributed by atoms with E-state index in [0.717, 1.165) is 0 Å². The summed E-state index contributed by atoms with van der Waals surface area (Å²) >= 11 is 0. The number of carboxylic acid groups (broad SMARTS) is 1. The molecule has 2 N–H and O–H groups in total. The maximum atomic E-state index is 11.1. The molecule has 0 aliphatic carbocycles. The van der Waals surface area contributed by atoms with Crippen LogP contribution in [0.5, 0.6) is 11.5 Å². The zero-order valence-electron chi connectivity index (χ0n) is 10.2.